The Kier molecular flexibility index (Phi) is 3.80. The number of carbonyl (C=O) groups is 1. The van der Waals surface area contributed by atoms with E-state index >= 15 is 0 Å². The van der Waals surface area contributed by atoms with Crippen molar-refractivity contribution in [2.24, 2.45) is 0 Å². The number of esters is 1. The minimum Gasteiger partial charge on any atom is -0.463 e. The van der Waals surface area contributed by atoms with Gasteiger partial charge in [0.25, 0.3) is 0 Å². The summed E-state index contributed by atoms with van der Waals surface area (Å²) in [5.74, 6) is -0.230. The molecule has 0 saturated carbocycles. The largest absolute Gasteiger partial charge is 0.463 e. The van der Waals surface area contributed by atoms with Gasteiger partial charge in [-0.3, -0.25) is 0 Å². The molecule has 1 aliphatic rings. The molecule has 1 fully saturated rings. The SMILES string of the molecule is CCOC(=O)C=C(C)N1CCCC1. The van der Waals surface area contributed by atoms with Crippen molar-refractivity contribution in [3.8, 4) is 0 Å². The van der Waals surface area contributed by atoms with Gasteiger partial charge in [-0.2, -0.15) is 0 Å². The predicted molar refractivity (Wildman–Crippen MR) is 51.2 cm³/mol. The van der Waals surface area contributed by atoms with Gasteiger partial charge in [0.15, 0.2) is 0 Å². The van der Waals surface area contributed by atoms with Gasteiger partial charge in [-0.25, -0.2) is 4.79 Å². The number of hydrogen-bond acceptors (Lipinski definition) is 3. The van der Waals surface area contributed by atoms with Gasteiger partial charge in [-0.15, -0.1) is 0 Å². The van der Waals surface area contributed by atoms with Gasteiger partial charge in [0, 0.05) is 24.9 Å². The van der Waals surface area contributed by atoms with Crippen molar-refractivity contribution in [1.29, 1.82) is 0 Å². The average Bonchev–Trinajstić information content (AvgIpc) is 2.55. The Bertz CT molecular complexity index is 205. The first-order chi connectivity index (χ1) is 6.24. The third-order valence-corrected chi connectivity index (χ3v) is 2.22. The van der Waals surface area contributed by atoms with Crippen LogP contribution < -0.4 is 0 Å². The number of nitrogens with zero attached hydrogens (tertiary/aromatic N) is 1. The Labute approximate surface area is 79.4 Å². The summed E-state index contributed by atoms with van der Waals surface area (Å²) in [6, 6.07) is 0. The summed E-state index contributed by atoms with van der Waals surface area (Å²) in [5, 5.41) is 0. The van der Waals surface area contributed by atoms with E-state index in [-0.39, 0.29) is 5.97 Å². The molecule has 1 rings (SSSR count). The van der Waals surface area contributed by atoms with Crippen LogP contribution in [0.4, 0.5) is 0 Å². The highest BCUT2D eigenvalue weighted by Crippen LogP contribution is 2.13. The number of ether oxygens (including phenoxy) is 1. The molecule has 0 unspecified atom stereocenters. The third kappa shape index (κ3) is 3.09. The zero-order chi connectivity index (χ0) is 9.68. The molecule has 74 valence electrons. The Hall–Kier alpha value is -0.990. The Morgan fingerprint density at radius 1 is 1.46 bits per heavy atom. The zero-order valence-corrected chi connectivity index (χ0v) is 8.38. The second-order valence-electron chi connectivity index (χ2n) is 3.23. The fourth-order valence-corrected chi connectivity index (χ4v) is 1.52. The van der Waals surface area contributed by atoms with Crippen LogP contribution in [0.5, 0.6) is 0 Å². The molecule has 0 aliphatic carbocycles. The molecule has 0 radical (unpaired) electrons. The Morgan fingerprint density at radius 3 is 2.62 bits per heavy atom. The second-order valence-corrected chi connectivity index (χ2v) is 3.23. The van der Waals surface area contributed by atoms with Crippen LogP contribution in [-0.4, -0.2) is 30.6 Å². The zero-order valence-electron chi connectivity index (χ0n) is 8.38. The van der Waals surface area contributed by atoms with Crippen molar-refractivity contribution in [2.75, 3.05) is 19.7 Å². The van der Waals surface area contributed by atoms with Crippen LogP contribution in [-0.2, 0) is 9.53 Å². The summed E-state index contributed by atoms with van der Waals surface area (Å²) in [6.45, 7) is 6.37. The third-order valence-electron chi connectivity index (χ3n) is 2.22. The number of rotatable bonds is 3. The highest BCUT2D eigenvalue weighted by atomic mass is 16.5. The fraction of sp³-hybridized carbons (Fsp3) is 0.700. The normalized spacial score (nSPS) is 17.7. The molecule has 3 heteroatoms. The molecule has 0 atom stereocenters. The fourth-order valence-electron chi connectivity index (χ4n) is 1.52. The summed E-state index contributed by atoms with van der Waals surface area (Å²) < 4.78 is 4.83. The number of hydrogen-bond donors (Lipinski definition) is 0. The van der Waals surface area contributed by atoms with E-state index < -0.39 is 0 Å². The van der Waals surface area contributed by atoms with E-state index in [2.05, 4.69) is 4.90 Å². The highest BCUT2D eigenvalue weighted by Gasteiger charge is 2.12. The summed E-state index contributed by atoms with van der Waals surface area (Å²) in [6.07, 6.45) is 4.04. The molecule has 3 nitrogen and oxygen atoms in total. The molecule has 13 heavy (non-hydrogen) atoms. The van der Waals surface area contributed by atoms with Crippen LogP contribution in [0.1, 0.15) is 26.7 Å². The van der Waals surface area contributed by atoms with Crippen molar-refractivity contribution in [1.82, 2.24) is 4.90 Å². The Morgan fingerprint density at radius 2 is 2.08 bits per heavy atom. The van der Waals surface area contributed by atoms with Gasteiger partial charge in [0.05, 0.1) is 6.61 Å². The average molecular weight is 183 g/mol. The maximum atomic E-state index is 11.1. The van der Waals surface area contributed by atoms with Gasteiger partial charge < -0.3 is 9.64 Å². The van der Waals surface area contributed by atoms with Gasteiger partial charge in [0.1, 0.15) is 0 Å². The van der Waals surface area contributed by atoms with Gasteiger partial charge in [0.2, 0.25) is 0 Å². The van der Waals surface area contributed by atoms with Crippen LogP contribution in [0.25, 0.3) is 0 Å². The van der Waals surface area contributed by atoms with Crippen LogP contribution in [0.15, 0.2) is 11.8 Å². The summed E-state index contributed by atoms with van der Waals surface area (Å²) >= 11 is 0. The lowest BCUT2D eigenvalue weighted by atomic mass is 10.4. The standard InChI is InChI=1S/C10H17NO2/c1-3-13-10(12)8-9(2)11-6-4-5-7-11/h8H,3-7H2,1-2H3. The molecular formula is C10H17NO2. The second kappa shape index (κ2) is 4.90. The first-order valence-corrected chi connectivity index (χ1v) is 4.84. The molecule has 0 bridgehead atoms. The quantitative estimate of drug-likeness (QED) is 0.491. The van der Waals surface area contributed by atoms with Gasteiger partial charge in [-0.1, -0.05) is 0 Å². The minimum absolute atomic E-state index is 0.230. The molecule has 0 amide bonds. The molecule has 0 spiro atoms. The van der Waals surface area contributed by atoms with Crippen LogP contribution in [0, 0.1) is 0 Å². The minimum atomic E-state index is -0.230. The smallest absolute Gasteiger partial charge is 0.332 e. The van der Waals surface area contributed by atoms with Gasteiger partial charge in [-0.05, 0) is 26.7 Å². The molecule has 0 aromatic carbocycles. The first-order valence-electron chi connectivity index (χ1n) is 4.84. The molecule has 0 N–H and O–H groups in total. The molecular weight excluding hydrogens is 166 g/mol. The maximum Gasteiger partial charge on any atom is 0.332 e. The summed E-state index contributed by atoms with van der Waals surface area (Å²) in [4.78, 5) is 13.3. The topological polar surface area (TPSA) is 29.5 Å². The van der Waals surface area contributed by atoms with Crippen LogP contribution in [0.3, 0.4) is 0 Å². The lowest BCUT2D eigenvalue weighted by Gasteiger charge is -2.17. The van der Waals surface area contributed by atoms with E-state index in [9.17, 15) is 4.79 Å². The van der Waals surface area contributed by atoms with E-state index in [1.54, 1.807) is 6.08 Å². The van der Waals surface area contributed by atoms with E-state index in [0.717, 1.165) is 18.8 Å². The highest BCUT2D eigenvalue weighted by molar-refractivity contribution is 5.82. The first kappa shape index (κ1) is 10.1. The van der Waals surface area contributed by atoms with Crippen molar-refractivity contribution in [2.45, 2.75) is 26.7 Å². The van der Waals surface area contributed by atoms with Gasteiger partial charge >= 0.3 is 5.97 Å². The summed E-state index contributed by atoms with van der Waals surface area (Å²) in [7, 11) is 0. The summed E-state index contributed by atoms with van der Waals surface area (Å²) in [5.41, 5.74) is 1.02. The Balaban J connectivity index is 2.44. The molecule has 0 aromatic rings. The van der Waals surface area contributed by atoms with Crippen molar-refractivity contribution in [3.05, 3.63) is 11.8 Å². The molecule has 0 aromatic heterocycles. The van der Waals surface area contributed by atoms with Crippen LogP contribution >= 0.6 is 0 Å². The maximum absolute atomic E-state index is 11.1. The monoisotopic (exact) mass is 183 g/mol. The number of likely N-dealkylation sites (tertiary alicyclic amines) is 1. The van der Waals surface area contributed by atoms with E-state index in [1.165, 1.54) is 12.8 Å². The number of allylic oxidation sites excluding steroid dienone is 1. The van der Waals surface area contributed by atoms with Crippen molar-refractivity contribution in [3.63, 3.8) is 0 Å². The predicted octanol–water partition coefficient (Wildman–Crippen LogP) is 1.55. The van der Waals surface area contributed by atoms with E-state index in [0.29, 0.717) is 6.61 Å². The molecule has 1 heterocycles. The van der Waals surface area contributed by atoms with E-state index in [4.69, 9.17) is 4.74 Å². The lowest BCUT2D eigenvalue weighted by molar-refractivity contribution is -0.137. The van der Waals surface area contributed by atoms with Crippen LogP contribution in [0.2, 0.25) is 0 Å². The molecule has 1 saturated heterocycles. The molecule has 1 aliphatic heterocycles. The van der Waals surface area contributed by atoms with Crippen molar-refractivity contribution >= 4 is 5.97 Å². The lowest BCUT2D eigenvalue weighted by Crippen LogP contribution is -2.17. The van der Waals surface area contributed by atoms with Crippen molar-refractivity contribution < 1.29 is 9.53 Å². The van der Waals surface area contributed by atoms with E-state index in [1.807, 2.05) is 13.8 Å². The number of carbonyl (C=O) groups excluding carboxylic acids is 1.